The van der Waals surface area contributed by atoms with Crippen LogP contribution in [-0.4, -0.2) is 31.0 Å². The molecule has 0 radical (unpaired) electrons. The Morgan fingerprint density at radius 2 is 2.00 bits per heavy atom. The molecule has 3 heteroatoms. The second kappa shape index (κ2) is 6.94. The second-order valence-electron chi connectivity index (χ2n) is 4.01. The van der Waals surface area contributed by atoms with Gasteiger partial charge >= 0.3 is 0 Å². The van der Waals surface area contributed by atoms with Gasteiger partial charge in [-0.25, -0.2) is 0 Å². The summed E-state index contributed by atoms with van der Waals surface area (Å²) < 4.78 is 5.47. The second-order valence-corrected chi connectivity index (χ2v) is 4.01. The van der Waals surface area contributed by atoms with Crippen LogP contribution in [0, 0.1) is 0 Å². The molecule has 0 aliphatic carbocycles. The van der Waals surface area contributed by atoms with Crippen molar-refractivity contribution >= 4 is 5.91 Å². The standard InChI is InChI=1S/C14H21NO2/c1-4-6-11-15(3)14(16)12-9-7-8-10-13(12)17-5-2/h7-10H,4-6,11H2,1-3H3. The highest BCUT2D eigenvalue weighted by Crippen LogP contribution is 2.19. The number of hydrogen-bond acceptors (Lipinski definition) is 2. The van der Waals surface area contributed by atoms with Gasteiger partial charge in [-0.15, -0.1) is 0 Å². The van der Waals surface area contributed by atoms with Crippen LogP contribution in [0.1, 0.15) is 37.0 Å². The van der Waals surface area contributed by atoms with Gasteiger partial charge in [0, 0.05) is 13.6 Å². The van der Waals surface area contributed by atoms with Crippen LogP contribution < -0.4 is 4.74 Å². The maximum atomic E-state index is 12.2. The number of unbranched alkanes of at least 4 members (excludes halogenated alkanes) is 1. The Kier molecular flexibility index (Phi) is 5.53. The summed E-state index contributed by atoms with van der Waals surface area (Å²) in [5, 5.41) is 0. The Balaban J connectivity index is 2.80. The normalized spacial score (nSPS) is 10.1. The monoisotopic (exact) mass is 235 g/mol. The quantitative estimate of drug-likeness (QED) is 0.758. The summed E-state index contributed by atoms with van der Waals surface area (Å²) in [4.78, 5) is 13.9. The molecule has 0 aromatic heterocycles. The van der Waals surface area contributed by atoms with E-state index in [9.17, 15) is 4.79 Å². The van der Waals surface area contributed by atoms with Crippen LogP contribution in [0.4, 0.5) is 0 Å². The lowest BCUT2D eigenvalue weighted by Crippen LogP contribution is -2.28. The topological polar surface area (TPSA) is 29.5 Å². The zero-order chi connectivity index (χ0) is 12.7. The highest BCUT2D eigenvalue weighted by atomic mass is 16.5. The fourth-order valence-corrected chi connectivity index (χ4v) is 1.63. The summed E-state index contributed by atoms with van der Waals surface area (Å²) >= 11 is 0. The zero-order valence-electron chi connectivity index (χ0n) is 10.9. The minimum Gasteiger partial charge on any atom is -0.493 e. The molecule has 17 heavy (non-hydrogen) atoms. The highest BCUT2D eigenvalue weighted by Gasteiger charge is 2.15. The minimum atomic E-state index is 0.0301. The predicted octanol–water partition coefficient (Wildman–Crippen LogP) is 2.96. The van der Waals surface area contributed by atoms with Gasteiger partial charge in [-0.05, 0) is 25.5 Å². The number of rotatable bonds is 6. The first kappa shape index (κ1) is 13.6. The van der Waals surface area contributed by atoms with Crippen LogP contribution >= 0.6 is 0 Å². The Labute approximate surface area is 103 Å². The lowest BCUT2D eigenvalue weighted by Gasteiger charge is -2.18. The summed E-state index contributed by atoms with van der Waals surface area (Å²) in [6, 6.07) is 7.40. The van der Waals surface area contributed by atoms with Crippen molar-refractivity contribution in [1.29, 1.82) is 0 Å². The Morgan fingerprint density at radius 3 is 2.65 bits per heavy atom. The number of hydrogen-bond donors (Lipinski definition) is 0. The van der Waals surface area contributed by atoms with E-state index in [0.29, 0.717) is 17.9 Å². The SMILES string of the molecule is CCCCN(C)C(=O)c1ccccc1OCC. The summed E-state index contributed by atoms with van der Waals surface area (Å²) in [5.41, 5.74) is 0.646. The summed E-state index contributed by atoms with van der Waals surface area (Å²) in [5.74, 6) is 0.700. The van der Waals surface area contributed by atoms with Crippen LogP contribution in [0.15, 0.2) is 24.3 Å². The molecule has 1 aromatic rings. The number of benzene rings is 1. The van der Waals surface area contributed by atoms with Crippen LogP contribution in [0.2, 0.25) is 0 Å². The molecule has 0 aliphatic heterocycles. The molecule has 0 spiro atoms. The van der Waals surface area contributed by atoms with Crippen LogP contribution in [-0.2, 0) is 0 Å². The predicted molar refractivity (Wildman–Crippen MR) is 69.5 cm³/mol. The average Bonchev–Trinajstić information content (AvgIpc) is 2.36. The van der Waals surface area contributed by atoms with Crippen molar-refractivity contribution in [2.24, 2.45) is 0 Å². The molecule has 0 fully saturated rings. The fraction of sp³-hybridized carbons (Fsp3) is 0.500. The lowest BCUT2D eigenvalue weighted by atomic mass is 10.1. The van der Waals surface area contributed by atoms with E-state index in [4.69, 9.17) is 4.74 Å². The zero-order valence-corrected chi connectivity index (χ0v) is 10.9. The van der Waals surface area contributed by atoms with Gasteiger partial charge < -0.3 is 9.64 Å². The summed E-state index contributed by atoms with van der Waals surface area (Å²) in [6.07, 6.45) is 2.11. The van der Waals surface area contributed by atoms with Crippen molar-refractivity contribution in [2.75, 3.05) is 20.2 Å². The Bertz CT molecular complexity index is 363. The first-order valence-corrected chi connectivity index (χ1v) is 6.18. The van der Waals surface area contributed by atoms with Gasteiger partial charge in [0.05, 0.1) is 12.2 Å². The third-order valence-electron chi connectivity index (χ3n) is 2.61. The Morgan fingerprint density at radius 1 is 1.29 bits per heavy atom. The van der Waals surface area contributed by atoms with Crippen molar-refractivity contribution in [3.8, 4) is 5.75 Å². The smallest absolute Gasteiger partial charge is 0.257 e. The van der Waals surface area contributed by atoms with Crippen LogP contribution in [0.25, 0.3) is 0 Å². The van der Waals surface area contributed by atoms with Gasteiger partial charge in [0.15, 0.2) is 0 Å². The van der Waals surface area contributed by atoms with Crippen molar-refractivity contribution in [3.05, 3.63) is 29.8 Å². The van der Waals surface area contributed by atoms with Crippen molar-refractivity contribution < 1.29 is 9.53 Å². The van der Waals surface area contributed by atoms with Gasteiger partial charge in [0.1, 0.15) is 5.75 Å². The van der Waals surface area contributed by atoms with Crippen molar-refractivity contribution in [1.82, 2.24) is 4.90 Å². The van der Waals surface area contributed by atoms with Gasteiger partial charge in [0.25, 0.3) is 5.91 Å². The molecule has 3 nitrogen and oxygen atoms in total. The molecule has 1 amide bonds. The van der Waals surface area contributed by atoms with E-state index in [1.54, 1.807) is 4.90 Å². The number of para-hydroxylation sites is 1. The molecule has 0 atom stereocenters. The van der Waals surface area contributed by atoms with Crippen LogP contribution in [0.3, 0.4) is 0 Å². The number of amides is 1. The molecule has 0 bridgehead atoms. The van der Waals surface area contributed by atoms with Crippen LogP contribution in [0.5, 0.6) is 5.75 Å². The first-order chi connectivity index (χ1) is 8.20. The van der Waals surface area contributed by atoms with E-state index >= 15 is 0 Å². The van der Waals surface area contributed by atoms with Gasteiger partial charge in [-0.2, -0.15) is 0 Å². The van der Waals surface area contributed by atoms with Crippen molar-refractivity contribution in [2.45, 2.75) is 26.7 Å². The van der Waals surface area contributed by atoms with E-state index in [0.717, 1.165) is 19.4 Å². The van der Waals surface area contributed by atoms with E-state index in [-0.39, 0.29) is 5.91 Å². The summed E-state index contributed by atoms with van der Waals surface area (Å²) in [6.45, 7) is 5.40. The molecule has 0 N–H and O–H groups in total. The minimum absolute atomic E-state index is 0.0301. The maximum absolute atomic E-state index is 12.2. The third-order valence-corrected chi connectivity index (χ3v) is 2.61. The number of ether oxygens (including phenoxy) is 1. The molecule has 1 rings (SSSR count). The lowest BCUT2D eigenvalue weighted by molar-refractivity contribution is 0.0789. The molecule has 0 heterocycles. The maximum Gasteiger partial charge on any atom is 0.257 e. The fourth-order valence-electron chi connectivity index (χ4n) is 1.63. The number of nitrogens with zero attached hydrogens (tertiary/aromatic N) is 1. The molecule has 94 valence electrons. The molecule has 0 unspecified atom stereocenters. The van der Waals surface area contributed by atoms with E-state index in [2.05, 4.69) is 6.92 Å². The van der Waals surface area contributed by atoms with E-state index in [1.807, 2.05) is 38.2 Å². The third kappa shape index (κ3) is 3.77. The van der Waals surface area contributed by atoms with Gasteiger partial charge in [-0.1, -0.05) is 25.5 Å². The molecular formula is C14H21NO2. The Hall–Kier alpha value is -1.51. The molecule has 0 aliphatic rings. The molecule has 1 aromatic carbocycles. The van der Waals surface area contributed by atoms with Crippen molar-refractivity contribution in [3.63, 3.8) is 0 Å². The van der Waals surface area contributed by atoms with Gasteiger partial charge in [0.2, 0.25) is 0 Å². The first-order valence-electron chi connectivity index (χ1n) is 6.18. The highest BCUT2D eigenvalue weighted by molar-refractivity contribution is 5.96. The van der Waals surface area contributed by atoms with E-state index in [1.165, 1.54) is 0 Å². The average molecular weight is 235 g/mol. The largest absolute Gasteiger partial charge is 0.493 e. The number of carbonyl (C=O) groups excluding carboxylic acids is 1. The number of carbonyl (C=O) groups is 1. The summed E-state index contributed by atoms with van der Waals surface area (Å²) in [7, 11) is 1.83. The van der Waals surface area contributed by atoms with Gasteiger partial charge in [-0.3, -0.25) is 4.79 Å². The molecular weight excluding hydrogens is 214 g/mol. The van der Waals surface area contributed by atoms with E-state index < -0.39 is 0 Å². The molecule has 0 saturated carbocycles. The molecule has 0 saturated heterocycles.